The first-order valence-electron chi connectivity index (χ1n) is 14.6. The number of aromatic nitrogens is 3. The van der Waals surface area contributed by atoms with Crippen LogP contribution in [0.4, 0.5) is 8.78 Å². The Bertz CT molecular complexity index is 1820. The number of carbonyl (C=O) groups excluding carboxylic acids is 2. The molecule has 0 unspecified atom stereocenters. The van der Waals surface area contributed by atoms with Crippen molar-refractivity contribution in [3.05, 3.63) is 70.3 Å². The van der Waals surface area contributed by atoms with Crippen LogP contribution in [-0.2, 0) is 16.8 Å². The minimum absolute atomic E-state index is 0.00614. The van der Waals surface area contributed by atoms with Gasteiger partial charge in [-0.15, -0.1) is 0 Å². The van der Waals surface area contributed by atoms with Crippen LogP contribution in [0.2, 0.25) is 5.02 Å². The van der Waals surface area contributed by atoms with Gasteiger partial charge in [-0.3, -0.25) is 14.3 Å². The molecule has 2 fully saturated rings. The highest BCUT2D eigenvalue weighted by Gasteiger charge is 2.62. The van der Waals surface area contributed by atoms with Crippen LogP contribution in [0.3, 0.4) is 0 Å². The highest BCUT2D eigenvalue weighted by molar-refractivity contribution is 6.33. The summed E-state index contributed by atoms with van der Waals surface area (Å²) in [4.78, 5) is 30.1. The molecule has 2 amide bonds. The summed E-state index contributed by atoms with van der Waals surface area (Å²) in [6.45, 7) is 1.32. The quantitative estimate of drug-likeness (QED) is 0.203. The standard InChI is InChI=1S/C32H32ClF2N5O5/c1-3-45-29-17(13-26(36)41)12-25(38-28(29)22-7-4-20(34)14-23(22)33)32(43,31(35)8-9-31)16-37-30(42)18-10-19-15-40(21-5-6-21)39-27(19)24(11-18)44-2/h4,7,10-12,14-15,21,43H,3,5-6,8-9,13,16H2,1-2H3,(H2,36,41)(H,37,42)/t32-/m0/s1. The van der Waals surface area contributed by atoms with Gasteiger partial charge in [0.15, 0.2) is 5.60 Å². The molecule has 2 heterocycles. The first-order chi connectivity index (χ1) is 21.5. The normalized spacial score (nSPS) is 16.7. The molecule has 10 nitrogen and oxygen atoms in total. The maximum atomic E-state index is 16.1. The summed E-state index contributed by atoms with van der Waals surface area (Å²) in [6, 6.07) is 8.50. The van der Waals surface area contributed by atoms with Crippen molar-refractivity contribution in [2.45, 2.75) is 56.3 Å². The van der Waals surface area contributed by atoms with Crippen molar-refractivity contribution in [3.8, 4) is 22.8 Å². The number of ether oxygens (including phenoxy) is 2. The molecule has 2 aromatic heterocycles. The van der Waals surface area contributed by atoms with E-state index in [4.69, 9.17) is 26.8 Å². The van der Waals surface area contributed by atoms with Gasteiger partial charge in [0.05, 0.1) is 43.4 Å². The van der Waals surface area contributed by atoms with Crippen molar-refractivity contribution >= 4 is 34.3 Å². The molecule has 0 aliphatic heterocycles. The second-order valence-corrected chi connectivity index (χ2v) is 11.9. The zero-order chi connectivity index (χ0) is 32.1. The Morgan fingerprint density at radius 1 is 1.24 bits per heavy atom. The summed E-state index contributed by atoms with van der Waals surface area (Å²) in [6.07, 6.45) is 3.60. The first-order valence-corrected chi connectivity index (χ1v) is 15.0. The molecule has 4 aromatic rings. The number of hydrogen-bond acceptors (Lipinski definition) is 7. The second-order valence-electron chi connectivity index (χ2n) is 11.5. The maximum absolute atomic E-state index is 16.1. The van der Waals surface area contributed by atoms with Gasteiger partial charge in [0, 0.05) is 28.3 Å². The number of primary amides is 1. The number of nitrogens with two attached hydrogens (primary N) is 1. The van der Waals surface area contributed by atoms with Crippen molar-refractivity contribution in [1.82, 2.24) is 20.1 Å². The van der Waals surface area contributed by atoms with Crippen molar-refractivity contribution < 1.29 is 33.0 Å². The third kappa shape index (κ3) is 5.80. The SMILES string of the molecule is CCOc1c(CC(N)=O)cc([C@@](O)(CNC(=O)c2cc(OC)c3nn(C4CC4)cc3c2)C2(F)CC2)nc1-c1ccc(F)cc1Cl. The number of fused-ring (bicyclic) bond motifs is 1. The first kappa shape index (κ1) is 30.7. The van der Waals surface area contributed by atoms with E-state index in [0.29, 0.717) is 22.7 Å². The third-order valence-corrected chi connectivity index (χ3v) is 8.56. The number of halogens is 3. The Kier molecular flexibility index (Phi) is 7.90. The van der Waals surface area contributed by atoms with E-state index in [1.54, 1.807) is 13.0 Å². The van der Waals surface area contributed by atoms with Crippen LogP contribution in [0.15, 0.2) is 42.6 Å². The Morgan fingerprint density at radius 2 is 2.00 bits per heavy atom. The fourth-order valence-corrected chi connectivity index (χ4v) is 5.79. The van der Waals surface area contributed by atoms with Crippen LogP contribution in [-0.4, -0.2) is 57.6 Å². The fourth-order valence-electron chi connectivity index (χ4n) is 5.53. The van der Waals surface area contributed by atoms with E-state index in [1.165, 1.54) is 31.4 Å². The molecule has 0 spiro atoms. The fraction of sp³-hybridized carbons (Fsp3) is 0.375. The summed E-state index contributed by atoms with van der Waals surface area (Å²) in [7, 11) is 1.48. The van der Waals surface area contributed by atoms with Crippen molar-refractivity contribution in [1.29, 1.82) is 0 Å². The van der Waals surface area contributed by atoms with Gasteiger partial charge in [0.2, 0.25) is 5.91 Å². The van der Waals surface area contributed by atoms with E-state index < -0.39 is 35.4 Å². The number of carbonyl (C=O) groups is 2. The molecule has 0 saturated heterocycles. The lowest BCUT2D eigenvalue weighted by molar-refractivity contribution is -0.117. The number of aliphatic hydroxyl groups is 1. The van der Waals surface area contributed by atoms with Gasteiger partial charge in [-0.05, 0) is 69.0 Å². The van der Waals surface area contributed by atoms with E-state index in [9.17, 15) is 19.1 Å². The number of benzene rings is 2. The highest BCUT2D eigenvalue weighted by atomic mass is 35.5. The zero-order valence-corrected chi connectivity index (χ0v) is 25.5. The van der Waals surface area contributed by atoms with Gasteiger partial charge in [-0.25, -0.2) is 13.8 Å². The molecule has 0 radical (unpaired) electrons. The summed E-state index contributed by atoms with van der Waals surface area (Å²) in [5, 5.41) is 20.0. The van der Waals surface area contributed by atoms with Crippen molar-refractivity contribution in [3.63, 3.8) is 0 Å². The molecule has 2 aromatic carbocycles. The number of alkyl halides is 1. The minimum Gasteiger partial charge on any atom is -0.494 e. The lowest BCUT2D eigenvalue weighted by Crippen LogP contribution is -2.49. The van der Waals surface area contributed by atoms with Gasteiger partial charge in [0.1, 0.15) is 34.2 Å². The number of amides is 2. The summed E-state index contributed by atoms with van der Waals surface area (Å²) < 4.78 is 43.3. The van der Waals surface area contributed by atoms with E-state index in [2.05, 4.69) is 15.4 Å². The molecule has 2 aliphatic carbocycles. The molecular formula is C32H32ClF2N5O5. The Labute approximate surface area is 262 Å². The average Bonchev–Trinajstić information content (AvgIpc) is 3.94. The molecule has 4 N–H and O–H groups in total. The van der Waals surface area contributed by atoms with E-state index in [0.717, 1.165) is 18.9 Å². The van der Waals surface area contributed by atoms with Crippen LogP contribution in [0.25, 0.3) is 22.2 Å². The van der Waals surface area contributed by atoms with E-state index in [-0.39, 0.29) is 64.7 Å². The van der Waals surface area contributed by atoms with Gasteiger partial charge in [-0.1, -0.05) is 11.6 Å². The Balaban J connectivity index is 1.40. The van der Waals surface area contributed by atoms with Crippen LogP contribution >= 0.6 is 11.6 Å². The topological polar surface area (TPSA) is 142 Å². The van der Waals surface area contributed by atoms with Gasteiger partial charge in [-0.2, -0.15) is 5.10 Å². The van der Waals surface area contributed by atoms with Crippen LogP contribution in [0.1, 0.15) is 60.3 Å². The van der Waals surface area contributed by atoms with Crippen LogP contribution in [0.5, 0.6) is 11.5 Å². The average molecular weight is 640 g/mol. The predicted molar refractivity (Wildman–Crippen MR) is 163 cm³/mol. The summed E-state index contributed by atoms with van der Waals surface area (Å²) in [5.41, 5.74) is 2.26. The van der Waals surface area contributed by atoms with Crippen LogP contribution in [0, 0.1) is 5.82 Å². The van der Waals surface area contributed by atoms with E-state index in [1.807, 2.05) is 10.9 Å². The number of rotatable bonds is 12. The number of hydrogen-bond donors (Lipinski definition) is 3. The van der Waals surface area contributed by atoms with Gasteiger partial charge >= 0.3 is 0 Å². The second kappa shape index (κ2) is 11.6. The summed E-state index contributed by atoms with van der Waals surface area (Å²) >= 11 is 6.39. The van der Waals surface area contributed by atoms with Crippen molar-refractivity contribution in [2.24, 2.45) is 5.73 Å². The molecule has 2 aliphatic rings. The number of methoxy groups -OCH3 is 1. The maximum Gasteiger partial charge on any atom is 0.251 e. The molecule has 13 heteroatoms. The molecule has 2 saturated carbocycles. The number of pyridine rings is 1. The van der Waals surface area contributed by atoms with Gasteiger partial charge < -0.3 is 25.6 Å². The zero-order valence-electron chi connectivity index (χ0n) is 24.7. The Morgan fingerprint density at radius 3 is 2.62 bits per heavy atom. The smallest absolute Gasteiger partial charge is 0.251 e. The molecule has 236 valence electrons. The number of nitrogens with zero attached hydrogens (tertiary/aromatic N) is 3. The highest BCUT2D eigenvalue weighted by Crippen LogP contribution is 2.54. The molecule has 45 heavy (non-hydrogen) atoms. The minimum atomic E-state index is -2.33. The Hall–Kier alpha value is -4.29. The summed E-state index contributed by atoms with van der Waals surface area (Å²) in [5.74, 6) is -1.35. The van der Waals surface area contributed by atoms with E-state index >= 15 is 4.39 Å². The molecule has 1 atom stereocenters. The number of nitrogens with one attached hydrogen (secondary N) is 1. The molecular weight excluding hydrogens is 608 g/mol. The lowest BCUT2D eigenvalue weighted by atomic mass is 9.88. The lowest BCUT2D eigenvalue weighted by Gasteiger charge is -2.33. The predicted octanol–water partition coefficient (Wildman–Crippen LogP) is 4.78. The molecule has 0 bridgehead atoms. The third-order valence-electron chi connectivity index (χ3n) is 8.24. The van der Waals surface area contributed by atoms with Crippen LogP contribution < -0.4 is 20.5 Å². The monoisotopic (exact) mass is 639 g/mol. The van der Waals surface area contributed by atoms with Gasteiger partial charge in [0.25, 0.3) is 5.91 Å². The molecule has 6 rings (SSSR count). The largest absolute Gasteiger partial charge is 0.494 e. The van der Waals surface area contributed by atoms with Crippen molar-refractivity contribution in [2.75, 3.05) is 20.3 Å².